The maximum atomic E-state index is 3.72. The Balaban J connectivity index is 2.17. The van der Waals surface area contributed by atoms with Gasteiger partial charge in [0.25, 0.3) is 0 Å². The first-order chi connectivity index (χ1) is 9.10. The molecule has 2 rings (SSSR count). The maximum absolute atomic E-state index is 3.72. The Bertz CT molecular complexity index is 393. The molecule has 1 heterocycles. The van der Waals surface area contributed by atoms with Crippen molar-refractivity contribution in [3.8, 4) is 0 Å². The molecule has 1 aliphatic heterocycles. The standard InChI is InChI=1S/C17H28N2/c1-5-15(4)17-12-19(8-6-7-18-17)16-10-13(2)9-14(3)11-16/h9-11,15,17-18H,5-8,12H2,1-4H3. The van der Waals surface area contributed by atoms with E-state index in [0.717, 1.165) is 19.0 Å². The lowest BCUT2D eigenvalue weighted by molar-refractivity contribution is 0.384. The van der Waals surface area contributed by atoms with E-state index in [1.165, 1.54) is 36.2 Å². The normalized spacial score (nSPS) is 22.1. The summed E-state index contributed by atoms with van der Waals surface area (Å²) in [7, 11) is 0. The van der Waals surface area contributed by atoms with Crippen molar-refractivity contribution in [3.05, 3.63) is 29.3 Å². The summed E-state index contributed by atoms with van der Waals surface area (Å²) >= 11 is 0. The number of hydrogen-bond acceptors (Lipinski definition) is 2. The Kier molecular flexibility index (Phi) is 4.87. The number of nitrogens with zero attached hydrogens (tertiary/aromatic N) is 1. The molecule has 0 amide bonds. The van der Waals surface area contributed by atoms with Gasteiger partial charge in [0, 0.05) is 24.8 Å². The number of anilines is 1. The smallest absolute Gasteiger partial charge is 0.0372 e. The van der Waals surface area contributed by atoms with Gasteiger partial charge in [0.05, 0.1) is 0 Å². The number of rotatable bonds is 3. The Morgan fingerprint density at radius 1 is 1.26 bits per heavy atom. The SMILES string of the molecule is CCC(C)C1CN(c2cc(C)cc(C)c2)CCCN1. The molecule has 0 radical (unpaired) electrons. The van der Waals surface area contributed by atoms with E-state index in [1.54, 1.807) is 0 Å². The van der Waals surface area contributed by atoms with Crippen LogP contribution < -0.4 is 10.2 Å². The fourth-order valence-corrected chi connectivity index (χ4v) is 2.98. The first kappa shape index (κ1) is 14.4. The van der Waals surface area contributed by atoms with E-state index in [9.17, 15) is 0 Å². The van der Waals surface area contributed by atoms with E-state index in [2.05, 4.69) is 56.1 Å². The molecule has 2 heteroatoms. The molecule has 1 aromatic carbocycles. The number of hydrogen-bond donors (Lipinski definition) is 1. The largest absolute Gasteiger partial charge is 0.370 e. The Labute approximate surface area is 118 Å². The number of aryl methyl sites for hydroxylation is 2. The number of benzene rings is 1. The van der Waals surface area contributed by atoms with Crippen molar-refractivity contribution in [1.82, 2.24) is 5.32 Å². The molecule has 0 bridgehead atoms. The zero-order chi connectivity index (χ0) is 13.8. The van der Waals surface area contributed by atoms with Crippen LogP contribution in [0.3, 0.4) is 0 Å². The van der Waals surface area contributed by atoms with Crippen LogP contribution in [-0.4, -0.2) is 25.7 Å². The van der Waals surface area contributed by atoms with Crippen molar-refractivity contribution >= 4 is 5.69 Å². The summed E-state index contributed by atoms with van der Waals surface area (Å²) in [6.45, 7) is 12.5. The lowest BCUT2D eigenvalue weighted by Crippen LogP contribution is -2.42. The van der Waals surface area contributed by atoms with Crippen molar-refractivity contribution in [1.29, 1.82) is 0 Å². The van der Waals surface area contributed by atoms with Crippen LogP contribution in [0.1, 0.15) is 37.8 Å². The maximum Gasteiger partial charge on any atom is 0.0372 e. The molecule has 0 spiro atoms. The summed E-state index contributed by atoms with van der Waals surface area (Å²) in [5.41, 5.74) is 4.13. The van der Waals surface area contributed by atoms with Crippen molar-refractivity contribution < 1.29 is 0 Å². The van der Waals surface area contributed by atoms with E-state index in [0.29, 0.717) is 6.04 Å². The Morgan fingerprint density at radius 3 is 2.58 bits per heavy atom. The molecular formula is C17H28N2. The lowest BCUT2D eigenvalue weighted by Gasteiger charge is -2.30. The molecule has 0 aliphatic carbocycles. The highest BCUT2D eigenvalue weighted by Crippen LogP contribution is 2.22. The average Bonchev–Trinajstić information content (AvgIpc) is 2.62. The molecule has 2 atom stereocenters. The fraction of sp³-hybridized carbons (Fsp3) is 0.647. The summed E-state index contributed by atoms with van der Waals surface area (Å²) in [5, 5.41) is 3.72. The van der Waals surface area contributed by atoms with E-state index in [1.807, 2.05) is 0 Å². The summed E-state index contributed by atoms with van der Waals surface area (Å²) < 4.78 is 0. The lowest BCUT2D eigenvalue weighted by atomic mass is 9.98. The molecule has 1 saturated heterocycles. The second kappa shape index (κ2) is 6.42. The van der Waals surface area contributed by atoms with E-state index < -0.39 is 0 Å². The third-order valence-corrected chi connectivity index (χ3v) is 4.33. The molecule has 1 aliphatic rings. The monoisotopic (exact) mass is 260 g/mol. The van der Waals surface area contributed by atoms with Crippen molar-refractivity contribution in [3.63, 3.8) is 0 Å². The third-order valence-electron chi connectivity index (χ3n) is 4.33. The fourth-order valence-electron chi connectivity index (χ4n) is 2.98. The predicted molar refractivity (Wildman–Crippen MR) is 84.0 cm³/mol. The van der Waals surface area contributed by atoms with Crippen LogP contribution in [-0.2, 0) is 0 Å². The molecule has 1 fully saturated rings. The van der Waals surface area contributed by atoms with Gasteiger partial charge in [-0.15, -0.1) is 0 Å². The first-order valence-electron chi connectivity index (χ1n) is 7.66. The Hall–Kier alpha value is -1.02. The van der Waals surface area contributed by atoms with Crippen LogP contribution in [0.5, 0.6) is 0 Å². The quantitative estimate of drug-likeness (QED) is 0.894. The van der Waals surface area contributed by atoms with E-state index in [-0.39, 0.29) is 0 Å². The second-order valence-electron chi connectivity index (χ2n) is 6.09. The predicted octanol–water partition coefficient (Wildman–Crippen LogP) is 3.52. The summed E-state index contributed by atoms with van der Waals surface area (Å²) in [5.74, 6) is 0.742. The molecule has 1 N–H and O–H groups in total. The van der Waals surface area contributed by atoms with Crippen LogP contribution >= 0.6 is 0 Å². The highest BCUT2D eigenvalue weighted by Gasteiger charge is 2.22. The molecule has 106 valence electrons. The molecule has 19 heavy (non-hydrogen) atoms. The molecule has 1 aromatic rings. The van der Waals surface area contributed by atoms with Gasteiger partial charge in [-0.2, -0.15) is 0 Å². The first-order valence-corrected chi connectivity index (χ1v) is 7.66. The highest BCUT2D eigenvalue weighted by molar-refractivity contribution is 5.51. The molecule has 2 unspecified atom stereocenters. The van der Waals surface area contributed by atoms with Crippen LogP contribution in [0.2, 0.25) is 0 Å². The summed E-state index contributed by atoms with van der Waals surface area (Å²) in [6, 6.07) is 7.53. The summed E-state index contributed by atoms with van der Waals surface area (Å²) in [6.07, 6.45) is 2.48. The van der Waals surface area contributed by atoms with Gasteiger partial charge in [0.2, 0.25) is 0 Å². The van der Waals surface area contributed by atoms with Gasteiger partial charge >= 0.3 is 0 Å². The van der Waals surface area contributed by atoms with Crippen LogP contribution in [0.15, 0.2) is 18.2 Å². The number of nitrogens with one attached hydrogen (secondary N) is 1. The summed E-state index contributed by atoms with van der Waals surface area (Å²) in [4.78, 5) is 2.57. The van der Waals surface area contributed by atoms with Gasteiger partial charge in [-0.05, 0) is 56.0 Å². The minimum Gasteiger partial charge on any atom is -0.370 e. The molecule has 0 saturated carbocycles. The molecular weight excluding hydrogens is 232 g/mol. The van der Waals surface area contributed by atoms with Crippen molar-refractivity contribution in [2.24, 2.45) is 5.92 Å². The highest BCUT2D eigenvalue weighted by atomic mass is 15.2. The van der Waals surface area contributed by atoms with Crippen molar-refractivity contribution in [2.45, 2.75) is 46.6 Å². The van der Waals surface area contributed by atoms with Gasteiger partial charge in [-0.1, -0.05) is 26.3 Å². The van der Waals surface area contributed by atoms with Crippen LogP contribution in [0, 0.1) is 19.8 Å². The average molecular weight is 260 g/mol. The van der Waals surface area contributed by atoms with Gasteiger partial charge in [0.15, 0.2) is 0 Å². The Morgan fingerprint density at radius 2 is 1.95 bits per heavy atom. The van der Waals surface area contributed by atoms with E-state index in [4.69, 9.17) is 0 Å². The minimum atomic E-state index is 0.619. The van der Waals surface area contributed by atoms with Gasteiger partial charge in [-0.25, -0.2) is 0 Å². The zero-order valence-electron chi connectivity index (χ0n) is 12.9. The van der Waals surface area contributed by atoms with Crippen LogP contribution in [0.25, 0.3) is 0 Å². The second-order valence-corrected chi connectivity index (χ2v) is 6.09. The van der Waals surface area contributed by atoms with Gasteiger partial charge in [0.1, 0.15) is 0 Å². The molecule has 0 aromatic heterocycles. The minimum absolute atomic E-state index is 0.619. The van der Waals surface area contributed by atoms with Crippen LogP contribution in [0.4, 0.5) is 5.69 Å². The molecule has 2 nitrogen and oxygen atoms in total. The zero-order valence-corrected chi connectivity index (χ0v) is 12.9. The van der Waals surface area contributed by atoms with Gasteiger partial charge in [-0.3, -0.25) is 0 Å². The van der Waals surface area contributed by atoms with Crippen molar-refractivity contribution in [2.75, 3.05) is 24.5 Å². The topological polar surface area (TPSA) is 15.3 Å². The van der Waals surface area contributed by atoms with Gasteiger partial charge < -0.3 is 10.2 Å². The van der Waals surface area contributed by atoms with E-state index >= 15 is 0 Å². The third kappa shape index (κ3) is 3.73.